The highest BCUT2D eigenvalue weighted by atomic mass is 16.5. The summed E-state index contributed by atoms with van der Waals surface area (Å²) < 4.78 is 4.82. The number of hydrogen-bond acceptors (Lipinski definition) is 3. The first kappa shape index (κ1) is 8.05. The lowest BCUT2D eigenvalue weighted by atomic mass is 9.99. The van der Waals surface area contributed by atoms with Crippen molar-refractivity contribution >= 4 is 5.97 Å². The van der Waals surface area contributed by atoms with Crippen LogP contribution in [-0.2, 0) is 9.53 Å². The molecule has 2 unspecified atom stereocenters. The molecule has 0 aromatic carbocycles. The lowest BCUT2D eigenvalue weighted by Crippen LogP contribution is -2.22. The van der Waals surface area contributed by atoms with E-state index >= 15 is 0 Å². The number of carbonyl (C=O) groups is 1. The molecule has 1 heterocycles. The largest absolute Gasteiger partial charge is 0.469 e. The summed E-state index contributed by atoms with van der Waals surface area (Å²) in [5, 5.41) is 3.30. The highest BCUT2D eigenvalue weighted by molar-refractivity contribution is 5.80. The van der Waals surface area contributed by atoms with E-state index in [1.807, 2.05) is 0 Å². The predicted molar refractivity (Wildman–Crippen MR) is 44.7 cm³/mol. The Balaban J connectivity index is 2.06. The van der Waals surface area contributed by atoms with Gasteiger partial charge in [0.25, 0.3) is 0 Å². The van der Waals surface area contributed by atoms with Gasteiger partial charge in [-0.3, -0.25) is 4.79 Å². The van der Waals surface area contributed by atoms with Gasteiger partial charge in [-0.25, -0.2) is 0 Å². The average Bonchev–Trinajstić information content (AvgIpc) is 2.76. The fourth-order valence-corrected chi connectivity index (χ4v) is 2.33. The molecule has 2 aliphatic rings. The molecule has 0 aromatic heterocycles. The second-order valence-corrected chi connectivity index (χ2v) is 3.84. The summed E-state index contributed by atoms with van der Waals surface area (Å²) in [4.78, 5) is 11.4. The molecule has 3 nitrogen and oxygen atoms in total. The van der Waals surface area contributed by atoms with Crippen molar-refractivity contribution in [3.05, 3.63) is 0 Å². The second kappa shape index (κ2) is 2.73. The van der Waals surface area contributed by atoms with E-state index < -0.39 is 0 Å². The number of carbonyl (C=O) groups excluding carboxylic acids is 1. The smallest absolute Gasteiger partial charge is 0.312 e. The van der Waals surface area contributed by atoms with E-state index in [-0.39, 0.29) is 11.4 Å². The van der Waals surface area contributed by atoms with Gasteiger partial charge in [0.05, 0.1) is 12.5 Å². The van der Waals surface area contributed by atoms with Gasteiger partial charge in [-0.15, -0.1) is 0 Å². The van der Waals surface area contributed by atoms with Gasteiger partial charge in [-0.05, 0) is 38.3 Å². The maximum Gasteiger partial charge on any atom is 0.312 e. The topological polar surface area (TPSA) is 38.3 Å². The molecule has 2 fully saturated rings. The monoisotopic (exact) mass is 169 g/mol. The number of fused-ring (bicyclic) bond motifs is 1. The van der Waals surface area contributed by atoms with Crippen LogP contribution in [0.15, 0.2) is 0 Å². The van der Waals surface area contributed by atoms with E-state index in [0.29, 0.717) is 5.92 Å². The zero-order valence-electron chi connectivity index (χ0n) is 7.43. The Bertz CT molecular complexity index is 205. The van der Waals surface area contributed by atoms with E-state index in [0.717, 1.165) is 32.4 Å². The summed E-state index contributed by atoms with van der Waals surface area (Å²) in [5.74, 6) is 0.608. The van der Waals surface area contributed by atoms with Crippen molar-refractivity contribution in [2.24, 2.45) is 11.3 Å². The van der Waals surface area contributed by atoms with Gasteiger partial charge < -0.3 is 10.1 Å². The summed E-state index contributed by atoms with van der Waals surface area (Å²) in [6, 6.07) is 0. The van der Waals surface area contributed by atoms with E-state index in [1.54, 1.807) is 0 Å². The molecule has 12 heavy (non-hydrogen) atoms. The summed E-state index contributed by atoms with van der Waals surface area (Å²) in [6.45, 7) is 2.02. The van der Waals surface area contributed by atoms with Gasteiger partial charge in [0.15, 0.2) is 0 Å². The highest BCUT2D eigenvalue weighted by Crippen LogP contribution is 2.58. The second-order valence-electron chi connectivity index (χ2n) is 3.84. The van der Waals surface area contributed by atoms with E-state index in [1.165, 1.54) is 7.11 Å². The summed E-state index contributed by atoms with van der Waals surface area (Å²) in [7, 11) is 1.49. The van der Waals surface area contributed by atoms with E-state index in [2.05, 4.69) is 5.32 Å². The van der Waals surface area contributed by atoms with Crippen molar-refractivity contribution < 1.29 is 9.53 Å². The minimum atomic E-state index is -0.0851. The van der Waals surface area contributed by atoms with Crippen LogP contribution in [0.4, 0.5) is 0 Å². The number of ether oxygens (including phenoxy) is 1. The molecular formula is C9H15NO2. The van der Waals surface area contributed by atoms with Crippen LogP contribution in [-0.4, -0.2) is 26.2 Å². The molecule has 1 saturated heterocycles. The fraction of sp³-hybridized carbons (Fsp3) is 0.889. The van der Waals surface area contributed by atoms with Gasteiger partial charge in [0, 0.05) is 0 Å². The molecule has 1 N–H and O–H groups in total. The maximum absolute atomic E-state index is 11.4. The van der Waals surface area contributed by atoms with Gasteiger partial charge in [-0.2, -0.15) is 0 Å². The van der Waals surface area contributed by atoms with Crippen LogP contribution >= 0.6 is 0 Å². The zero-order chi connectivity index (χ0) is 8.60. The Hall–Kier alpha value is -0.570. The van der Waals surface area contributed by atoms with Crippen LogP contribution in [0.2, 0.25) is 0 Å². The number of esters is 1. The molecular weight excluding hydrogens is 154 g/mol. The Morgan fingerprint density at radius 3 is 3.17 bits per heavy atom. The molecule has 3 heteroatoms. The Kier molecular flexibility index (Phi) is 1.83. The predicted octanol–water partition coefficient (Wildman–Crippen LogP) is 0.549. The van der Waals surface area contributed by atoms with Gasteiger partial charge in [0.1, 0.15) is 0 Å². The first-order chi connectivity index (χ1) is 5.79. The van der Waals surface area contributed by atoms with Crippen molar-refractivity contribution in [3.63, 3.8) is 0 Å². The molecule has 1 aliphatic carbocycles. The van der Waals surface area contributed by atoms with Gasteiger partial charge in [-0.1, -0.05) is 0 Å². The third-order valence-corrected chi connectivity index (χ3v) is 3.24. The van der Waals surface area contributed by atoms with Crippen molar-refractivity contribution in [2.45, 2.75) is 19.3 Å². The number of hydrogen-bond donors (Lipinski definition) is 1. The van der Waals surface area contributed by atoms with Crippen LogP contribution in [0, 0.1) is 11.3 Å². The van der Waals surface area contributed by atoms with Crippen LogP contribution in [0.5, 0.6) is 0 Å². The normalized spacial score (nSPS) is 39.6. The fourth-order valence-electron chi connectivity index (χ4n) is 2.33. The van der Waals surface area contributed by atoms with E-state index in [4.69, 9.17) is 4.74 Å². The molecule has 1 aliphatic heterocycles. The van der Waals surface area contributed by atoms with Crippen LogP contribution in [0.3, 0.4) is 0 Å². The van der Waals surface area contributed by atoms with Crippen molar-refractivity contribution in [2.75, 3.05) is 20.2 Å². The summed E-state index contributed by atoms with van der Waals surface area (Å²) in [6.07, 6.45) is 3.15. The first-order valence-electron chi connectivity index (χ1n) is 4.59. The van der Waals surface area contributed by atoms with Crippen molar-refractivity contribution in [1.29, 1.82) is 0 Å². The molecule has 2 atom stereocenters. The quantitative estimate of drug-likeness (QED) is 0.582. The number of rotatable bonds is 1. The molecule has 0 aromatic rings. The average molecular weight is 169 g/mol. The zero-order valence-corrected chi connectivity index (χ0v) is 7.43. The van der Waals surface area contributed by atoms with E-state index in [9.17, 15) is 4.79 Å². The van der Waals surface area contributed by atoms with Gasteiger partial charge >= 0.3 is 5.97 Å². The highest BCUT2D eigenvalue weighted by Gasteiger charge is 2.60. The van der Waals surface area contributed by atoms with Gasteiger partial charge in [0.2, 0.25) is 0 Å². The first-order valence-corrected chi connectivity index (χ1v) is 4.59. The Morgan fingerprint density at radius 1 is 1.58 bits per heavy atom. The molecule has 0 radical (unpaired) electrons. The SMILES string of the molecule is COC(=O)C12CCNCCC1C2. The maximum atomic E-state index is 11.4. The third kappa shape index (κ3) is 1.04. The van der Waals surface area contributed by atoms with Crippen LogP contribution in [0.1, 0.15) is 19.3 Å². The van der Waals surface area contributed by atoms with Crippen LogP contribution < -0.4 is 5.32 Å². The molecule has 2 rings (SSSR count). The summed E-state index contributed by atoms with van der Waals surface area (Å²) >= 11 is 0. The standard InChI is InChI=1S/C9H15NO2/c1-12-8(11)9-3-5-10-4-2-7(9)6-9/h7,10H,2-6H2,1H3. The van der Waals surface area contributed by atoms with Crippen LogP contribution in [0.25, 0.3) is 0 Å². The number of methoxy groups -OCH3 is 1. The lowest BCUT2D eigenvalue weighted by Gasteiger charge is -2.11. The lowest BCUT2D eigenvalue weighted by molar-refractivity contribution is -0.147. The van der Waals surface area contributed by atoms with Crippen molar-refractivity contribution in [1.82, 2.24) is 5.32 Å². The minimum absolute atomic E-state index is 0.0104. The molecule has 0 bridgehead atoms. The molecule has 68 valence electrons. The molecule has 0 spiro atoms. The Labute approximate surface area is 72.5 Å². The molecule has 0 amide bonds. The third-order valence-electron chi connectivity index (χ3n) is 3.24. The molecule has 1 saturated carbocycles. The summed E-state index contributed by atoms with van der Waals surface area (Å²) in [5.41, 5.74) is -0.0851. The number of nitrogens with one attached hydrogen (secondary N) is 1. The Morgan fingerprint density at radius 2 is 2.42 bits per heavy atom. The van der Waals surface area contributed by atoms with Crippen molar-refractivity contribution in [3.8, 4) is 0 Å². The minimum Gasteiger partial charge on any atom is -0.469 e.